The quantitative estimate of drug-likeness (QED) is 0.721. The molecule has 1 atom stereocenters. The largest absolute Gasteiger partial charge is 0.480 e. The minimum Gasteiger partial charge on any atom is -0.480 e. The van der Waals surface area contributed by atoms with Crippen molar-refractivity contribution in [2.75, 3.05) is 11.9 Å². The zero-order valence-corrected chi connectivity index (χ0v) is 10.7. The van der Waals surface area contributed by atoms with Gasteiger partial charge in [0.05, 0.1) is 6.42 Å². The summed E-state index contributed by atoms with van der Waals surface area (Å²) < 4.78 is 13.0. The number of urea groups is 1. The molecule has 0 aliphatic carbocycles. The molecule has 1 aromatic rings. The molecule has 0 aromatic heterocycles. The van der Waals surface area contributed by atoms with E-state index in [4.69, 9.17) is 10.8 Å². The smallest absolute Gasteiger partial charge is 0.326 e. The Labute approximate surface area is 114 Å². The molecule has 4 N–H and O–H groups in total. The van der Waals surface area contributed by atoms with E-state index in [1.54, 1.807) is 0 Å². The summed E-state index contributed by atoms with van der Waals surface area (Å²) in [4.78, 5) is 34.5. The fourth-order valence-electron chi connectivity index (χ4n) is 1.45. The molecule has 0 radical (unpaired) electrons. The fourth-order valence-corrected chi connectivity index (χ4v) is 1.45. The third-order valence-electron chi connectivity index (χ3n) is 2.50. The summed E-state index contributed by atoms with van der Waals surface area (Å²) in [5.41, 5.74) is 5.14. The average Bonchev–Trinajstić information content (AvgIpc) is 2.36. The van der Waals surface area contributed by atoms with E-state index in [0.717, 1.165) is 11.0 Å². The van der Waals surface area contributed by atoms with Crippen molar-refractivity contribution in [2.45, 2.75) is 12.5 Å². The first kappa shape index (κ1) is 15.4. The number of nitrogens with one attached hydrogen (secondary N) is 1. The van der Waals surface area contributed by atoms with Gasteiger partial charge in [-0.1, -0.05) is 6.07 Å². The summed E-state index contributed by atoms with van der Waals surface area (Å²) >= 11 is 0. The number of benzene rings is 1. The van der Waals surface area contributed by atoms with Gasteiger partial charge < -0.3 is 16.2 Å². The Bertz CT molecular complexity index is 535. The van der Waals surface area contributed by atoms with Crippen LogP contribution in [0.1, 0.15) is 6.42 Å². The van der Waals surface area contributed by atoms with Gasteiger partial charge in [-0.15, -0.1) is 0 Å². The van der Waals surface area contributed by atoms with Gasteiger partial charge in [0.25, 0.3) is 0 Å². The molecule has 0 saturated heterocycles. The van der Waals surface area contributed by atoms with Crippen molar-refractivity contribution in [3.63, 3.8) is 0 Å². The summed E-state index contributed by atoms with van der Waals surface area (Å²) in [6.45, 7) is 0. The highest BCUT2D eigenvalue weighted by molar-refractivity contribution is 5.95. The van der Waals surface area contributed by atoms with Crippen molar-refractivity contribution in [2.24, 2.45) is 5.73 Å². The second-order valence-corrected chi connectivity index (χ2v) is 4.05. The van der Waals surface area contributed by atoms with Gasteiger partial charge >= 0.3 is 12.0 Å². The molecule has 1 unspecified atom stereocenters. The number of carbonyl (C=O) groups is 3. The van der Waals surface area contributed by atoms with E-state index < -0.39 is 36.2 Å². The summed E-state index contributed by atoms with van der Waals surface area (Å²) in [5.74, 6) is -2.77. The number of primary amides is 1. The maximum Gasteiger partial charge on any atom is 0.326 e. The zero-order valence-electron chi connectivity index (χ0n) is 10.7. The van der Waals surface area contributed by atoms with E-state index >= 15 is 0 Å². The molecule has 0 heterocycles. The van der Waals surface area contributed by atoms with Crippen LogP contribution in [0.15, 0.2) is 24.3 Å². The minimum atomic E-state index is -1.43. The molecule has 7 nitrogen and oxygen atoms in total. The van der Waals surface area contributed by atoms with Gasteiger partial charge in [-0.05, 0) is 18.2 Å². The van der Waals surface area contributed by atoms with Crippen molar-refractivity contribution in [1.29, 1.82) is 0 Å². The molecular formula is C12H14FN3O4. The molecular weight excluding hydrogens is 269 g/mol. The Morgan fingerprint density at radius 2 is 2.10 bits per heavy atom. The molecule has 3 amide bonds. The molecule has 0 bridgehead atoms. The van der Waals surface area contributed by atoms with Crippen LogP contribution in [0.3, 0.4) is 0 Å². The van der Waals surface area contributed by atoms with Crippen molar-refractivity contribution in [1.82, 2.24) is 5.32 Å². The third kappa shape index (κ3) is 4.23. The van der Waals surface area contributed by atoms with Gasteiger partial charge in [0, 0.05) is 12.7 Å². The molecule has 108 valence electrons. The normalized spacial score (nSPS) is 11.5. The number of hydrogen-bond donors (Lipinski definition) is 3. The van der Waals surface area contributed by atoms with Crippen LogP contribution < -0.4 is 16.0 Å². The van der Waals surface area contributed by atoms with Gasteiger partial charge in [0.2, 0.25) is 5.91 Å². The maximum atomic E-state index is 13.0. The van der Waals surface area contributed by atoms with Crippen LogP contribution in [-0.2, 0) is 9.59 Å². The molecule has 8 heteroatoms. The van der Waals surface area contributed by atoms with Crippen LogP contribution >= 0.6 is 0 Å². The number of carbonyl (C=O) groups excluding carboxylic acids is 2. The van der Waals surface area contributed by atoms with Crippen LogP contribution in [0.5, 0.6) is 0 Å². The third-order valence-corrected chi connectivity index (χ3v) is 2.50. The summed E-state index contributed by atoms with van der Waals surface area (Å²) in [6.07, 6.45) is -0.530. The Kier molecular flexibility index (Phi) is 5.01. The highest BCUT2D eigenvalue weighted by Gasteiger charge is 2.24. The van der Waals surface area contributed by atoms with Crippen LogP contribution in [0.4, 0.5) is 14.9 Å². The first-order valence-electron chi connectivity index (χ1n) is 5.62. The van der Waals surface area contributed by atoms with Crippen molar-refractivity contribution in [3.05, 3.63) is 30.1 Å². The molecule has 0 spiro atoms. The number of halogens is 1. The number of nitrogens with two attached hydrogens (primary N) is 1. The minimum absolute atomic E-state index is 0.241. The van der Waals surface area contributed by atoms with E-state index in [1.807, 2.05) is 0 Å². The first-order valence-corrected chi connectivity index (χ1v) is 5.62. The lowest BCUT2D eigenvalue weighted by Gasteiger charge is -2.21. The second-order valence-electron chi connectivity index (χ2n) is 4.05. The zero-order chi connectivity index (χ0) is 15.3. The van der Waals surface area contributed by atoms with Gasteiger partial charge in [0.15, 0.2) is 0 Å². The molecule has 0 saturated carbocycles. The molecule has 0 fully saturated rings. The Hall–Kier alpha value is -2.64. The number of nitrogens with zero attached hydrogens (tertiary/aromatic N) is 1. The molecule has 20 heavy (non-hydrogen) atoms. The predicted octanol–water partition coefficient (Wildman–Crippen LogP) is 0.300. The number of aliphatic carboxylic acids is 1. The van der Waals surface area contributed by atoms with Gasteiger partial charge in [0.1, 0.15) is 11.9 Å². The van der Waals surface area contributed by atoms with E-state index in [-0.39, 0.29) is 5.69 Å². The Morgan fingerprint density at radius 3 is 2.60 bits per heavy atom. The molecule has 0 aliphatic heterocycles. The van der Waals surface area contributed by atoms with Crippen molar-refractivity contribution < 1.29 is 23.9 Å². The van der Waals surface area contributed by atoms with E-state index in [2.05, 4.69) is 5.32 Å². The summed E-state index contributed by atoms with van der Waals surface area (Å²) in [6, 6.07) is 2.99. The number of hydrogen-bond acceptors (Lipinski definition) is 3. The Morgan fingerprint density at radius 1 is 1.45 bits per heavy atom. The fraction of sp³-hybridized carbons (Fsp3) is 0.250. The van der Waals surface area contributed by atoms with E-state index in [1.165, 1.54) is 25.2 Å². The SMILES string of the molecule is CN(C(=O)NC(CC(N)=O)C(=O)O)c1cccc(F)c1. The number of amides is 3. The van der Waals surface area contributed by atoms with Crippen LogP contribution in [0.2, 0.25) is 0 Å². The van der Waals surface area contributed by atoms with E-state index in [0.29, 0.717) is 0 Å². The summed E-state index contributed by atoms with van der Waals surface area (Å²) in [5, 5.41) is 11.0. The van der Waals surface area contributed by atoms with Crippen molar-refractivity contribution in [3.8, 4) is 0 Å². The molecule has 1 aromatic carbocycles. The lowest BCUT2D eigenvalue weighted by atomic mass is 10.2. The monoisotopic (exact) mass is 283 g/mol. The maximum absolute atomic E-state index is 13.0. The van der Waals surface area contributed by atoms with Gasteiger partial charge in [-0.2, -0.15) is 0 Å². The topological polar surface area (TPSA) is 113 Å². The van der Waals surface area contributed by atoms with Gasteiger partial charge in [-0.3, -0.25) is 9.69 Å². The van der Waals surface area contributed by atoms with Crippen molar-refractivity contribution >= 4 is 23.6 Å². The lowest BCUT2D eigenvalue weighted by molar-refractivity contribution is -0.140. The molecule has 1 rings (SSSR count). The van der Waals surface area contributed by atoms with Crippen LogP contribution in [0, 0.1) is 5.82 Å². The van der Waals surface area contributed by atoms with Gasteiger partial charge in [-0.25, -0.2) is 14.0 Å². The Balaban J connectivity index is 2.78. The average molecular weight is 283 g/mol. The van der Waals surface area contributed by atoms with Crippen LogP contribution in [0.25, 0.3) is 0 Å². The number of rotatable bonds is 5. The summed E-state index contributed by atoms with van der Waals surface area (Å²) in [7, 11) is 1.34. The number of carboxylic acids is 1. The van der Waals surface area contributed by atoms with Crippen LogP contribution in [-0.4, -0.2) is 36.1 Å². The first-order chi connectivity index (χ1) is 9.31. The highest BCUT2D eigenvalue weighted by Crippen LogP contribution is 2.14. The van der Waals surface area contributed by atoms with E-state index in [9.17, 15) is 18.8 Å². The lowest BCUT2D eigenvalue weighted by Crippen LogP contribution is -2.48. The number of anilines is 1. The highest BCUT2D eigenvalue weighted by atomic mass is 19.1. The number of carboxylic acid groups (broad SMARTS) is 1. The second kappa shape index (κ2) is 6.50. The standard InChI is InChI=1S/C12H14FN3O4/c1-16(8-4-2-3-7(13)5-8)12(20)15-9(11(18)19)6-10(14)17/h2-5,9H,6H2,1H3,(H2,14,17)(H,15,20)(H,18,19). The predicted molar refractivity (Wildman–Crippen MR) is 68.6 cm³/mol. The molecule has 0 aliphatic rings.